The van der Waals surface area contributed by atoms with E-state index in [0.29, 0.717) is 6.61 Å². The van der Waals surface area contributed by atoms with E-state index in [1.54, 1.807) is 11.3 Å². The zero-order valence-electron chi connectivity index (χ0n) is 19.8. The molecule has 3 rings (SSSR count). The minimum Gasteiger partial charge on any atom is -0.493 e. The highest BCUT2D eigenvalue weighted by atomic mass is 32.1. The van der Waals surface area contributed by atoms with Crippen LogP contribution >= 0.6 is 19.2 Å². The Kier molecular flexibility index (Phi) is 9.80. The van der Waals surface area contributed by atoms with Crippen LogP contribution in [-0.4, -0.2) is 34.3 Å². The van der Waals surface area contributed by atoms with Gasteiger partial charge in [0.2, 0.25) is 0 Å². The highest BCUT2D eigenvalue weighted by Gasteiger charge is 2.31. The number of carbonyl (C=O) groups is 1. The lowest BCUT2D eigenvalue weighted by Gasteiger charge is -2.23. The quantitative estimate of drug-likeness (QED) is 0.200. The van der Waals surface area contributed by atoms with Gasteiger partial charge in [-0.15, -0.1) is 11.3 Å². The number of aryl methyl sites for hydroxylation is 1. The molecular formula is C26H32NO6PS. The first-order chi connectivity index (χ1) is 16.6. The number of ether oxygens (including phenoxy) is 1. The summed E-state index contributed by atoms with van der Waals surface area (Å²) in [5, 5.41) is 1.98. The molecule has 0 aliphatic heterocycles. The number of phosphoric acid groups is 1. The molecule has 0 fully saturated rings. The zero-order valence-corrected chi connectivity index (χ0v) is 21.5. The minimum atomic E-state index is -4.71. The van der Waals surface area contributed by atoms with Crippen molar-refractivity contribution in [2.24, 2.45) is 5.73 Å². The molecular weight excluding hydrogens is 485 g/mol. The van der Waals surface area contributed by atoms with E-state index in [9.17, 15) is 9.36 Å². The van der Waals surface area contributed by atoms with E-state index in [1.165, 1.54) is 12.5 Å². The van der Waals surface area contributed by atoms with Crippen LogP contribution in [0.25, 0.3) is 10.4 Å². The van der Waals surface area contributed by atoms with Crippen molar-refractivity contribution in [1.82, 2.24) is 0 Å². The Morgan fingerprint density at radius 2 is 1.80 bits per heavy atom. The number of hydrogen-bond acceptors (Lipinski definition) is 6. The normalized spacial score (nSPS) is 13.4. The van der Waals surface area contributed by atoms with Gasteiger partial charge in [0, 0.05) is 16.9 Å². The average Bonchev–Trinajstić information content (AvgIpc) is 3.36. The molecule has 9 heteroatoms. The van der Waals surface area contributed by atoms with Gasteiger partial charge in [-0.1, -0.05) is 42.5 Å². The molecule has 0 unspecified atom stereocenters. The Labute approximate surface area is 210 Å². The average molecular weight is 518 g/mol. The van der Waals surface area contributed by atoms with Crippen molar-refractivity contribution in [3.8, 4) is 16.2 Å². The predicted octanol–water partition coefficient (Wildman–Crippen LogP) is 5.15. The summed E-state index contributed by atoms with van der Waals surface area (Å²) in [6.45, 7) is 1.44. The van der Waals surface area contributed by atoms with Crippen LogP contribution in [-0.2, 0) is 26.7 Å². The minimum absolute atomic E-state index is 0.00958. The van der Waals surface area contributed by atoms with E-state index in [1.807, 2.05) is 41.8 Å². The van der Waals surface area contributed by atoms with Gasteiger partial charge in [-0.05, 0) is 67.3 Å². The fraction of sp³-hybridized carbons (Fsp3) is 0.346. The Bertz CT molecular complexity index is 1130. The number of benzene rings is 2. The number of phosphoric ester groups is 1. The Morgan fingerprint density at radius 3 is 2.49 bits per heavy atom. The zero-order chi connectivity index (χ0) is 25.3. The lowest BCUT2D eigenvalue weighted by atomic mass is 9.93. The fourth-order valence-electron chi connectivity index (χ4n) is 3.56. The third-order valence-corrected chi connectivity index (χ3v) is 6.94. The van der Waals surface area contributed by atoms with Crippen LogP contribution in [0.4, 0.5) is 0 Å². The van der Waals surface area contributed by atoms with Crippen LogP contribution < -0.4 is 10.5 Å². The highest BCUT2D eigenvalue weighted by molar-refractivity contribution is 7.46. The van der Waals surface area contributed by atoms with Crippen LogP contribution in [0.1, 0.15) is 37.3 Å². The van der Waals surface area contributed by atoms with Gasteiger partial charge in [-0.3, -0.25) is 9.32 Å². The number of thiophene rings is 1. The molecule has 4 N–H and O–H groups in total. The van der Waals surface area contributed by atoms with E-state index in [0.717, 1.165) is 47.4 Å². The third-order valence-electron chi connectivity index (χ3n) is 5.58. The Hall–Kier alpha value is -2.32. The molecule has 0 aliphatic carbocycles. The van der Waals surface area contributed by atoms with Crippen molar-refractivity contribution in [3.05, 3.63) is 77.2 Å². The molecule has 188 valence electrons. The van der Waals surface area contributed by atoms with Crippen molar-refractivity contribution in [2.45, 2.75) is 44.6 Å². The molecule has 0 saturated carbocycles. The van der Waals surface area contributed by atoms with Crippen molar-refractivity contribution in [1.29, 1.82) is 0 Å². The summed E-state index contributed by atoms with van der Waals surface area (Å²) in [7, 11) is -4.71. The Balaban J connectivity index is 1.59. The summed E-state index contributed by atoms with van der Waals surface area (Å²) < 4.78 is 21.5. The number of carbonyl (C=O) groups excluding carboxylic acids is 1. The number of nitrogens with two attached hydrogens (primary N) is 1. The van der Waals surface area contributed by atoms with E-state index >= 15 is 0 Å². The highest BCUT2D eigenvalue weighted by Crippen LogP contribution is 2.37. The molecule has 7 nitrogen and oxygen atoms in total. The lowest BCUT2D eigenvalue weighted by molar-refractivity contribution is -0.124. The van der Waals surface area contributed by atoms with Gasteiger partial charge in [0.25, 0.3) is 0 Å². The molecule has 0 spiro atoms. The smallest absolute Gasteiger partial charge is 0.469 e. The molecule has 1 atom stereocenters. The summed E-state index contributed by atoms with van der Waals surface area (Å²) in [6.07, 6.45) is 4.19. The maximum absolute atomic E-state index is 12.7. The molecule has 0 bridgehead atoms. The van der Waals surface area contributed by atoms with Crippen LogP contribution in [0.2, 0.25) is 0 Å². The maximum Gasteiger partial charge on any atom is 0.469 e. The number of rotatable bonds is 14. The summed E-state index contributed by atoms with van der Waals surface area (Å²) >= 11 is 1.58. The van der Waals surface area contributed by atoms with Crippen LogP contribution in [0, 0.1) is 0 Å². The van der Waals surface area contributed by atoms with Gasteiger partial charge in [0.15, 0.2) is 5.78 Å². The second-order valence-electron chi connectivity index (χ2n) is 8.73. The lowest BCUT2D eigenvalue weighted by Crippen LogP contribution is -2.49. The molecule has 35 heavy (non-hydrogen) atoms. The summed E-state index contributed by atoms with van der Waals surface area (Å²) in [5.74, 6) is 0.377. The van der Waals surface area contributed by atoms with Crippen molar-refractivity contribution < 1.29 is 28.4 Å². The number of Topliss-reactive ketones (excluding diaryl/α,β-unsaturated/α-hetero) is 1. The molecule has 0 saturated heterocycles. The van der Waals surface area contributed by atoms with E-state index in [4.69, 9.17) is 20.3 Å². The third kappa shape index (κ3) is 9.00. The van der Waals surface area contributed by atoms with Crippen molar-refractivity contribution in [3.63, 3.8) is 0 Å². The van der Waals surface area contributed by atoms with Crippen molar-refractivity contribution in [2.75, 3.05) is 13.2 Å². The van der Waals surface area contributed by atoms with Crippen LogP contribution in [0.3, 0.4) is 0 Å². The number of hydrogen-bond donors (Lipinski definition) is 3. The molecule has 0 aliphatic rings. The maximum atomic E-state index is 12.7. The number of ketones is 1. The molecule has 0 amide bonds. The number of unbranched alkanes of at least 4 members (excludes halogenated alkanes) is 2. The first-order valence-electron chi connectivity index (χ1n) is 11.5. The van der Waals surface area contributed by atoms with Gasteiger partial charge in [0.05, 0.1) is 18.8 Å². The first kappa shape index (κ1) is 27.3. The predicted molar refractivity (Wildman–Crippen MR) is 139 cm³/mol. The standard InChI is InChI=1S/C26H32NO6PS/c1-26(27,19-33-34(29,30)31)25(28)18-21-13-14-23(22(17-21)24-12-8-16-35-24)32-15-7-3-6-11-20-9-4-2-5-10-20/h2,4-5,8-10,12-14,16-17H,3,6-7,11,15,18-19,27H2,1H3,(H2,29,30,31)/t26-/m0/s1. The van der Waals surface area contributed by atoms with Crippen LogP contribution in [0.15, 0.2) is 66.0 Å². The molecule has 3 aromatic rings. The largest absolute Gasteiger partial charge is 0.493 e. The molecule has 1 aromatic heterocycles. The fourth-order valence-corrected chi connectivity index (χ4v) is 4.74. The summed E-state index contributed by atoms with van der Waals surface area (Å²) in [5.41, 5.74) is 7.44. The summed E-state index contributed by atoms with van der Waals surface area (Å²) in [6, 6.07) is 20.0. The second kappa shape index (κ2) is 12.6. The Morgan fingerprint density at radius 1 is 1.03 bits per heavy atom. The van der Waals surface area contributed by atoms with Crippen molar-refractivity contribution >= 4 is 24.9 Å². The van der Waals surface area contributed by atoms with Gasteiger partial charge >= 0.3 is 7.82 Å². The SMILES string of the molecule is C[C@](N)(COP(=O)(O)O)C(=O)Cc1ccc(OCCCCCc2ccccc2)c(-c2cccs2)c1. The molecule has 0 radical (unpaired) electrons. The van der Waals surface area contributed by atoms with Gasteiger partial charge in [0.1, 0.15) is 5.75 Å². The molecule has 2 aromatic carbocycles. The first-order valence-corrected chi connectivity index (χ1v) is 13.9. The van der Waals surface area contributed by atoms with Gasteiger partial charge < -0.3 is 20.3 Å². The topological polar surface area (TPSA) is 119 Å². The van der Waals surface area contributed by atoms with Gasteiger partial charge in [-0.25, -0.2) is 4.57 Å². The van der Waals surface area contributed by atoms with Gasteiger partial charge in [-0.2, -0.15) is 0 Å². The molecule has 1 heterocycles. The van der Waals surface area contributed by atoms with Crippen LogP contribution in [0.5, 0.6) is 5.75 Å². The van der Waals surface area contributed by atoms with E-state index in [-0.39, 0.29) is 12.2 Å². The van der Waals surface area contributed by atoms with E-state index in [2.05, 4.69) is 28.8 Å². The summed E-state index contributed by atoms with van der Waals surface area (Å²) in [4.78, 5) is 31.6. The second-order valence-corrected chi connectivity index (χ2v) is 10.9. The van der Waals surface area contributed by atoms with E-state index < -0.39 is 20.0 Å². The monoisotopic (exact) mass is 517 g/mol.